The quantitative estimate of drug-likeness (QED) is 0.254. The minimum absolute atomic E-state index is 1.29. The maximum Gasteiger partial charge on any atom is 0.0946 e. The van der Waals surface area contributed by atoms with Crippen molar-refractivity contribution in [3.8, 4) is 0 Å². The van der Waals surface area contributed by atoms with Crippen molar-refractivity contribution in [1.29, 1.82) is 0 Å². The summed E-state index contributed by atoms with van der Waals surface area (Å²) < 4.78 is 4.64. The van der Waals surface area contributed by atoms with Crippen molar-refractivity contribution >= 4 is 56.1 Å². The largest absolute Gasteiger partial charge is 0.310 e. The molecular formula is C20H20N2S4. The molecule has 6 heteroatoms. The Morgan fingerprint density at radius 1 is 0.654 bits per heavy atom. The van der Waals surface area contributed by atoms with Crippen LogP contribution in [0.25, 0.3) is 11.0 Å². The fourth-order valence-electron chi connectivity index (χ4n) is 3.35. The minimum atomic E-state index is 1.29. The number of hydrogen-bond acceptors (Lipinski definition) is 4. The molecule has 0 N–H and O–H groups in total. The number of hydrogen-bond donors (Lipinski definition) is 0. The zero-order chi connectivity index (χ0) is 18.3. The van der Waals surface area contributed by atoms with Crippen molar-refractivity contribution in [3.05, 3.63) is 59.9 Å². The number of thioether (sulfide) groups is 2. The van der Waals surface area contributed by atoms with E-state index in [1.807, 2.05) is 45.1 Å². The van der Waals surface area contributed by atoms with E-state index in [-0.39, 0.29) is 0 Å². The van der Waals surface area contributed by atoms with Gasteiger partial charge in [-0.05, 0) is 83.3 Å². The number of pyridine rings is 2. The van der Waals surface area contributed by atoms with Crippen LogP contribution in [0.15, 0.2) is 68.6 Å². The average Bonchev–Trinajstić information content (AvgIpc) is 3.10. The van der Waals surface area contributed by atoms with E-state index < -0.39 is 0 Å². The molecule has 0 aliphatic carbocycles. The van der Waals surface area contributed by atoms with Crippen molar-refractivity contribution in [1.82, 2.24) is 8.80 Å². The minimum Gasteiger partial charge on any atom is -0.310 e. The Morgan fingerprint density at radius 2 is 1.08 bits per heavy atom. The van der Waals surface area contributed by atoms with Crippen LogP contribution >= 0.6 is 45.1 Å². The van der Waals surface area contributed by atoms with Crippen LogP contribution in [0, 0.1) is 13.8 Å². The highest BCUT2D eigenvalue weighted by Gasteiger charge is 2.18. The van der Waals surface area contributed by atoms with E-state index in [0.717, 1.165) is 0 Å². The van der Waals surface area contributed by atoms with Gasteiger partial charge in [-0.2, -0.15) is 0 Å². The van der Waals surface area contributed by atoms with Gasteiger partial charge in [0.2, 0.25) is 0 Å². The van der Waals surface area contributed by atoms with Gasteiger partial charge in [0.05, 0.1) is 21.1 Å². The molecule has 134 valence electrons. The summed E-state index contributed by atoms with van der Waals surface area (Å²) >= 11 is 3.66. The van der Waals surface area contributed by atoms with Crippen molar-refractivity contribution in [3.63, 3.8) is 0 Å². The highest BCUT2D eigenvalue weighted by Crippen LogP contribution is 2.46. The fraction of sp³-hybridized carbons (Fsp3) is 0.200. The van der Waals surface area contributed by atoms with Crippen LogP contribution in [0.2, 0.25) is 0 Å². The van der Waals surface area contributed by atoms with Crippen molar-refractivity contribution in [2.24, 2.45) is 0 Å². The molecule has 0 radical (unpaired) electrons. The summed E-state index contributed by atoms with van der Waals surface area (Å²) in [5, 5.41) is 2.62. The first-order valence-corrected chi connectivity index (χ1v) is 12.9. The standard InChI is InChI=1S/C20H20N2S4/c1-13-17(23-3)15-9-5-7-11-21(15)19(13)25-26-20-14(2)18(24-4)16-10-6-8-12-22(16)20/h5-12H,1-4H3. The number of rotatable bonds is 5. The molecule has 26 heavy (non-hydrogen) atoms. The summed E-state index contributed by atoms with van der Waals surface area (Å²) in [6.45, 7) is 4.47. The Labute approximate surface area is 170 Å². The lowest BCUT2D eigenvalue weighted by Gasteiger charge is -2.05. The van der Waals surface area contributed by atoms with Crippen LogP contribution in [0.4, 0.5) is 0 Å². The van der Waals surface area contributed by atoms with E-state index in [1.165, 1.54) is 42.0 Å². The zero-order valence-electron chi connectivity index (χ0n) is 15.1. The molecular weight excluding hydrogens is 397 g/mol. The topological polar surface area (TPSA) is 8.82 Å². The Balaban J connectivity index is 1.78. The molecule has 0 aliphatic heterocycles. The highest BCUT2D eigenvalue weighted by atomic mass is 33.1. The molecule has 0 saturated heterocycles. The third kappa shape index (κ3) is 2.87. The molecule has 4 aromatic heterocycles. The summed E-state index contributed by atoms with van der Waals surface area (Å²) in [6.07, 6.45) is 8.65. The van der Waals surface area contributed by atoms with Crippen LogP contribution in [0.1, 0.15) is 11.1 Å². The summed E-state index contributed by atoms with van der Waals surface area (Å²) in [4.78, 5) is 2.74. The molecule has 0 spiro atoms. The SMILES string of the molecule is CSc1c(C)c(SSc2c(C)c(SC)c3ccccn23)n2ccccc12. The third-order valence-electron chi connectivity index (χ3n) is 4.55. The number of fused-ring (bicyclic) bond motifs is 2. The molecule has 0 unspecified atom stereocenters. The Bertz CT molecular complexity index is 1010. The molecule has 4 heterocycles. The van der Waals surface area contributed by atoms with E-state index in [4.69, 9.17) is 0 Å². The lowest BCUT2D eigenvalue weighted by Crippen LogP contribution is -1.86. The van der Waals surface area contributed by atoms with Crippen LogP contribution in [-0.2, 0) is 0 Å². The van der Waals surface area contributed by atoms with Gasteiger partial charge in [-0.25, -0.2) is 0 Å². The first kappa shape index (κ1) is 18.3. The molecule has 4 aromatic rings. The molecule has 2 nitrogen and oxygen atoms in total. The highest BCUT2D eigenvalue weighted by molar-refractivity contribution is 8.76. The first-order valence-electron chi connectivity index (χ1n) is 8.29. The van der Waals surface area contributed by atoms with E-state index >= 15 is 0 Å². The van der Waals surface area contributed by atoms with Gasteiger partial charge in [-0.1, -0.05) is 12.1 Å². The predicted octanol–water partition coefficient (Wildman–Crippen LogP) is 7.05. The second-order valence-corrected chi connectivity index (χ2v) is 9.74. The molecule has 0 bridgehead atoms. The second kappa shape index (κ2) is 7.50. The van der Waals surface area contributed by atoms with E-state index in [9.17, 15) is 0 Å². The molecule has 0 aliphatic rings. The van der Waals surface area contributed by atoms with E-state index in [1.54, 1.807) is 0 Å². The number of nitrogens with zero attached hydrogens (tertiary/aromatic N) is 2. The molecule has 0 aromatic carbocycles. The summed E-state index contributed by atoms with van der Waals surface area (Å²) in [5.41, 5.74) is 5.32. The molecule has 0 atom stereocenters. The van der Waals surface area contributed by atoms with Gasteiger partial charge < -0.3 is 8.80 Å². The van der Waals surface area contributed by atoms with Crippen LogP contribution in [0.3, 0.4) is 0 Å². The van der Waals surface area contributed by atoms with Gasteiger partial charge >= 0.3 is 0 Å². The summed E-state index contributed by atoms with van der Waals surface area (Å²) in [7, 11) is 3.71. The van der Waals surface area contributed by atoms with Gasteiger partial charge in [0.25, 0.3) is 0 Å². The van der Waals surface area contributed by atoms with E-state index in [0.29, 0.717) is 0 Å². The molecule has 4 rings (SSSR count). The van der Waals surface area contributed by atoms with Gasteiger partial charge in [-0.15, -0.1) is 23.5 Å². The maximum atomic E-state index is 2.32. The van der Waals surface area contributed by atoms with Crippen LogP contribution in [0.5, 0.6) is 0 Å². The lowest BCUT2D eigenvalue weighted by atomic mass is 10.3. The third-order valence-corrected chi connectivity index (χ3v) is 9.00. The zero-order valence-corrected chi connectivity index (χ0v) is 18.4. The average molecular weight is 417 g/mol. The first-order chi connectivity index (χ1) is 12.7. The number of aromatic nitrogens is 2. The van der Waals surface area contributed by atoms with Crippen molar-refractivity contribution < 1.29 is 0 Å². The smallest absolute Gasteiger partial charge is 0.0946 e. The molecule has 0 saturated carbocycles. The van der Waals surface area contributed by atoms with Crippen molar-refractivity contribution in [2.75, 3.05) is 12.5 Å². The Kier molecular flexibility index (Phi) is 5.28. The summed E-state index contributed by atoms with van der Waals surface area (Å²) in [5.74, 6) is 0. The fourth-order valence-corrected chi connectivity index (χ4v) is 7.83. The molecule has 0 fully saturated rings. The monoisotopic (exact) mass is 416 g/mol. The summed E-state index contributed by atoms with van der Waals surface area (Å²) in [6, 6.07) is 12.9. The van der Waals surface area contributed by atoms with Gasteiger partial charge in [0.15, 0.2) is 0 Å². The van der Waals surface area contributed by atoms with Crippen LogP contribution < -0.4 is 0 Å². The lowest BCUT2D eigenvalue weighted by molar-refractivity contribution is 1.02. The van der Waals surface area contributed by atoms with E-state index in [2.05, 4.69) is 84.0 Å². The van der Waals surface area contributed by atoms with Gasteiger partial charge in [-0.3, -0.25) is 0 Å². The second-order valence-electron chi connectivity index (χ2n) is 6.01. The Morgan fingerprint density at radius 3 is 1.46 bits per heavy atom. The van der Waals surface area contributed by atoms with Crippen LogP contribution in [-0.4, -0.2) is 21.3 Å². The maximum absolute atomic E-state index is 2.32. The van der Waals surface area contributed by atoms with Gasteiger partial charge in [0.1, 0.15) is 0 Å². The van der Waals surface area contributed by atoms with Crippen molar-refractivity contribution in [2.45, 2.75) is 33.7 Å². The normalized spacial score (nSPS) is 11.7. The predicted molar refractivity (Wildman–Crippen MR) is 120 cm³/mol. The molecule has 0 amide bonds. The Hall–Kier alpha value is -1.08. The van der Waals surface area contributed by atoms with Gasteiger partial charge in [0, 0.05) is 22.2 Å².